The van der Waals surface area contributed by atoms with E-state index in [0.717, 1.165) is 38.5 Å². The van der Waals surface area contributed by atoms with Gasteiger partial charge in [0.15, 0.2) is 0 Å². The van der Waals surface area contributed by atoms with Crippen LogP contribution in [0.5, 0.6) is 0 Å². The van der Waals surface area contributed by atoms with Crippen LogP contribution in [-0.2, 0) is 9.59 Å². The highest BCUT2D eigenvalue weighted by Crippen LogP contribution is 2.12. The molecule has 0 heterocycles. The Bertz CT molecular complexity index is 177. The molecule has 1 saturated carbocycles. The Balaban J connectivity index is 0.000000262. The third-order valence-corrected chi connectivity index (χ3v) is 2.54. The molecule has 88 valence electrons. The van der Waals surface area contributed by atoms with E-state index < -0.39 is 0 Å². The maximum atomic E-state index is 10.5. The van der Waals surface area contributed by atoms with Gasteiger partial charge in [0, 0.05) is 19.3 Å². The number of Topliss-reactive ketones (excluding diaryl/α,β-unsaturated/α-hetero) is 2. The highest BCUT2D eigenvalue weighted by molar-refractivity contribution is 5.78. The first-order valence-corrected chi connectivity index (χ1v) is 6.18. The van der Waals surface area contributed by atoms with Crippen molar-refractivity contribution in [1.29, 1.82) is 0 Å². The number of hydrogen-bond donors (Lipinski definition) is 0. The van der Waals surface area contributed by atoms with Gasteiger partial charge in [0.1, 0.15) is 11.6 Å². The number of carbonyl (C=O) groups excluding carboxylic acids is 2. The molecule has 15 heavy (non-hydrogen) atoms. The van der Waals surface area contributed by atoms with Crippen LogP contribution in [0.2, 0.25) is 0 Å². The van der Waals surface area contributed by atoms with Crippen LogP contribution in [0, 0.1) is 0 Å². The zero-order chi connectivity index (χ0) is 11.5. The van der Waals surface area contributed by atoms with E-state index in [4.69, 9.17) is 0 Å². The van der Waals surface area contributed by atoms with E-state index >= 15 is 0 Å². The monoisotopic (exact) mass is 212 g/mol. The van der Waals surface area contributed by atoms with Gasteiger partial charge in [-0.15, -0.1) is 0 Å². The van der Waals surface area contributed by atoms with E-state index in [9.17, 15) is 9.59 Å². The van der Waals surface area contributed by atoms with Crippen LogP contribution in [0.4, 0.5) is 0 Å². The van der Waals surface area contributed by atoms with Crippen LogP contribution in [0.3, 0.4) is 0 Å². The molecule has 0 saturated heterocycles. The van der Waals surface area contributed by atoms with Crippen molar-refractivity contribution >= 4 is 11.6 Å². The largest absolute Gasteiger partial charge is 0.300 e. The molecule has 0 aromatic heterocycles. The predicted octanol–water partition coefficient (Wildman–Crippen LogP) is 3.68. The van der Waals surface area contributed by atoms with Gasteiger partial charge in [0.2, 0.25) is 0 Å². The summed E-state index contributed by atoms with van der Waals surface area (Å²) in [6.45, 7) is 3.79. The van der Waals surface area contributed by atoms with Gasteiger partial charge in [-0.05, 0) is 26.2 Å². The fraction of sp³-hybridized carbons (Fsp3) is 0.846. The smallest absolute Gasteiger partial charge is 0.132 e. The molecule has 0 spiro atoms. The molecule has 0 amide bonds. The van der Waals surface area contributed by atoms with Crippen LogP contribution < -0.4 is 0 Å². The Labute approximate surface area is 93.4 Å². The zero-order valence-corrected chi connectivity index (χ0v) is 10.2. The minimum Gasteiger partial charge on any atom is -0.300 e. The van der Waals surface area contributed by atoms with Gasteiger partial charge in [-0.25, -0.2) is 0 Å². The summed E-state index contributed by atoms with van der Waals surface area (Å²) in [4.78, 5) is 20.8. The van der Waals surface area contributed by atoms with Crippen LogP contribution in [0.15, 0.2) is 0 Å². The van der Waals surface area contributed by atoms with Gasteiger partial charge >= 0.3 is 0 Å². The average molecular weight is 212 g/mol. The Hall–Kier alpha value is -0.660. The van der Waals surface area contributed by atoms with E-state index in [1.165, 1.54) is 19.3 Å². The summed E-state index contributed by atoms with van der Waals surface area (Å²) in [7, 11) is 0. The fourth-order valence-electron chi connectivity index (χ4n) is 1.57. The van der Waals surface area contributed by atoms with Crippen molar-refractivity contribution in [2.24, 2.45) is 0 Å². The number of hydrogen-bond acceptors (Lipinski definition) is 2. The van der Waals surface area contributed by atoms with Crippen LogP contribution in [-0.4, -0.2) is 11.6 Å². The molecule has 0 aromatic carbocycles. The molecule has 0 N–H and O–H groups in total. The Kier molecular flexibility index (Phi) is 9.44. The molecule has 2 heteroatoms. The van der Waals surface area contributed by atoms with E-state index in [-0.39, 0.29) is 0 Å². The molecule has 0 unspecified atom stereocenters. The molecule has 0 radical (unpaired) electrons. The van der Waals surface area contributed by atoms with Crippen molar-refractivity contribution in [2.75, 3.05) is 0 Å². The summed E-state index contributed by atoms with van der Waals surface area (Å²) in [5, 5.41) is 0. The lowest BCUT2D eigenvalue weighted by molar-refractivity contribution is -0.120. The first-order chi connectivity index (χ1) is 7.16. The third kappa shape index (κ3) is 11.3. The second-order valence-electron chi connectivity index (χ2n) is 4.26. The summed E-state index contributed by atoms with van der Waals surface area (Å²) in [5.74, 6) is 0.782. The summed E-state index contributed by atoms with van der Waals surface area (Å²) >= 11 is 0. The summed E-state index contributed by atoms with van der Waals surface area (Å²) in [6, 6.07) is 0. The van der Waals surface area contributed by atoms with Crippen molar-refractivity contribution in [3.05, 3.63) is 0 Å². The molecule has 1 aliphatic carbocycles. The second-order valence-corrected chi connectivity index (χ2v) is 4.26. The topological polar surface area (TPSA) is 34.1 Å². The average Bonchev–Trinajstić information content (AvgIpc) is 2.20. The van der Waals surface area contributed by atoms with Crippen LogP contribution in [0.1, 0.15) is 71.6 Å². The lowest BCUT2D eigenvalue weighted by Gasteiger charge is -2.05. The number of carbonyl (C=O) groups is 2. The van der Waals surface area contributed by atoms with E-state index in [1.807, 2.05) is 0 Å². The van der Waals surface area contributed by atoms with Gasteiger partial charge < -0.3 is 4.79 Å². The van der Waals surface area contributed by atoms with Gasteiger partial charge in [-0.2, -0.15) is 0 Å². The van der Waals surface area contributed by atoms with Crippen LogP contribution in [0.25, 0.3) is 0 Å². The number of ketones is 2. The molecule has 0 aromatic rings. The zero-order valence-electron chi connectivity index (χ0n) is 10.2. The fourth-order valence-corrected chi connectivity index (χ4v) is 1.57. The minimum atomic E-state index is 0.318. The highest BCUT2D eigenvalue weighted by atomic mass is 16.1. The summed E-state index contributed by atoms with van der Waals surface area (Å²) < 4.78 is 0. The Morgan fingerprint density at radius 2 is 1.73 bits per heavy atom. The molecule has 0 bridgehead atoms. The summed E-state index contributed by atoms with van der Waals surface area (Å²) in [6.07, 6.45) is 9.48. The quantitative estimate of drug-likeness (QED) is 0.666. The maximum absolute atomic E-state index is 10.5. The first kappa shape index (κ1) is 14.3. The number of rotatable bonds is 4. The molecule has 2 nitrogen and oxygen atoms in total. The van der Waals surface area contributed by atoms with E-state index in [1.54, 1.807) is 6.92 Å². The van der Waals surface area contributed by atoms with Crippen molar-refractivity contribution in [1.82, 2.24) is 0 Å². The van der Waals surface area contributed by atoms with Crippen molar-refractivity contribution in [2.45, 2.75) is 71.6 Å². The molecule has 1 rings (SSSR count). The normalized spacial score (nSPS) is 15.5. The van der Waals surface area contributed by atoms with Crippen molar-refractivity contribution < 1.29 is 9.59 Å². The van der Waals surface area contributed by atoms with Gasteiger partial charge in [-0.1, -0.05) is 26.2 Å². The van der Waals surface area contributed by atoms with Crippen molar-refractivity contribution in [3.63, 3.8) is 0 Å². The SMILES string of the molecule is CCCCCC(C)=O.O=C1CCCCC1. The summed E-state index contributed by atoms with van der Waals surface area (Å²) in [5.41, 5.74) is 0. The van der Waals surface area contributed by atoms with E-state index in [2.05, 4.69) is 6.92 Å². The van der Waals surface area contributed by atoms with Crippen molar-refractivity contribution in [3.8, 4) is 0 Å². The third-order valence-electron chi connectivity index (χ3n) is 2.54. The van der Waals surface area contributed by atoms with E-state index in [0.29, 0.717) is 11.6 Å². The molecule has 0 atom stereocenters. The van der Waals surface area contributed by atoms with Crippen LogP contribution >= 0.6 is 0 Å². The molecular weight excluding hydrogens is 188 g/mol. The highest BCUT2D eigenvalue weighted by Gasteiger charge is 2.05. The second kappa shape index (κ2) is 9.88. The Morgan fingerprint density at radius 3 is 2.07 bits per heavy atom. The standard InChI is InChI=1S/C7H14O.C6H10O/c1-3-4-5-6-7(2)8;7-6-4-2-1-3-5-6/h3-6H2,1-2H3;1-5H2. The lowest BCUT2D eigenvalue weighted by atomic mass is 10.00. The first-order valence-electron chi connectivity index (χ1n) is 6.18. The Morgan fingerprint density at radius 1 is 1.13 bits per heavy atom. The maximum Gasteiger partial charge on any atom is 0.132 e. The molecule has 1 fully saturated rings. The molecule has 0 aliphatic heterocycles. The molecular formula is C13H24O2. The van der Waals surface area contributed by atoms with Gasteiger partial charge in [0.05, 0.1) is 0 Å². The number of unbranched alkanes of at least 4 members (excludes halogenated alkanes) is 2. The lowest BCUT2D eigenvalue weighted by Crippen LogP contribution is -2.02. The predicted molar refractivity (Wildman–Crippen MR) is 62.9 cm³/mol. The minimum absolute atomic E-state index is 0.318. The molecule has 1 aliphatic rings. The van der Waals surface area contributed by atoms with Gasteiger partial charge in [-0.3, -0.25) is 4.79 Å². The van der Waals surface area contributed by atoms with Gasteiger partial charge in [0.25, 0.3) is 0 Å².